The third-order valence-corrected chi connectivity index (χ3v) is 2.67. The number of nitrogens with zero attached hydrogens (tertiary/aromatic N) is 1. The summed E-state index contributed by atoms with van der Waals surface area (Å²) in [4.78, 5) is 0. The maximum Gasteiger partial charge on any atom is 0.177 e. The van der Waals surface area contributed by atoms with E-state index in [1.807, 2.05) is 6.26 Å². The molecule has 0 aliphatic heterocycles. The second kappa shape index (κ2) is 3.99. The van der Waals surface area contributed by atoms with Crippen LogP contribution in [-0.4, -0.2) is 16.5 Å². The molecule has 0 unspecified atom stereocenters. The monoisotopic (exact) mass is 181 g/mol. The van der Waals surface area contributed by atoms with Crippen LogP contribution in [0.1, 0.15) is 0 Å². The summed E-state index contributed by atoms with van der Waals surface area (Å²) in [5.41, 5.74) is 0. The Labute approximate surface area is 66.5 Å². The quantitative estimate of drug-likeness (QED) is 0.514. The van der Waals surface area contributed by atoms with Crippen LogP contribution >= 0.6 is 35.3 Å². The zero-order valence-electron chi connectivity index (χ0n) is 4.88. The Morgan fingerprint density at radius 1 is 1.78 bits per heavy atom. The van der Waals surface area contributed by atoms with Crippen LogP contribution < -0.4 is 6.15 Å². The molecule has 0 fully saturated rings. The largest absolute Gasteiger partial charge is 0.344 e. The molecule has 52 valence electrons. The van der Waals surface area contributed by atoms with E-state index in [1.54, 1.807) is 11.8 Å². The van der Waals surface area contributed by atoms with E-state index in [9.17, 15) is 0 Å². The number of aromatic amines is 1. The van der Waals surface area contributed by atoms with Gasteiger partial charge >= 0.3 is 0 Å². The van der Waals surface area contributed by atoms with E-state index in [0.29, 0.717) is 0 Å². The Morgan fingerprint density at radius 2 is 2.44 bits per heavy atom. The smallest absolute Gasteiger partial charge is 0.177 e. The molecule has 1 heterocycles. The summed E-state index contributed by atoms with van der Waals surface area (Å²) in [6.45, 7) is 0. The maximum atomic E-state index is 4.79. The molecule has 0 bridgehead atoms. The number of hydrogen-bond donors (Lipinski definition) is 2. The van der Waals surface area contributed by atoms with Crippen molar-refractivity contribution in [2.45, 2.75) is 4.34 Å². The zero-order valence-corrected chi connectivity index (χ0v) is 7.33. The highest BCUT2D eigenvalue weighted by atomic mass is 32.2. The highest BCUT2D eigenvalue weighted by Crippen LogP contribution is 2.15. The van der Waals surface area contributed by atoms with Crippen molar-refractivity contribution in [3.8, 4) is 0 Å². The molecule has 9 heavy (non-hydrogen) atoms. The van der Waals surface area contributed by atoms with Crippen LogP contribution in [0.4, 0.5) is 0 Å². The van der Waals surface area contributed by atoms with Gasteiger partial charge in [-0.05, 0) is 18.5 Å². The first-order valence-electron chi connectivity index (χ1n) is 1.92. The summed E-state index contributed by atoms with van der Waals surface area (Å²) in [7, 11) is 0. The van der Waals surface area contributed by atoms with Crippen molar-refractivity contribution >= 4 is 35.3 Å². The predicted molar refractivity (Wildman–Crippen MR) is 44.1 cm³/mol. The SMILES string of the molecule is CSc1n[nH]c(=S)s1.N. The van der Waals surface area contributed by atoms with Gasteiger partial charge in [0.15, 0.2) is 8.29 Å². The van der Waals surface area contributed by atoms with Gasteiger partial charge in [0.05, 0.1) is 0 Å². The number of thioether (sulfide) groups is 1. The van der Waals surface area contributed by atoms with Crippen LogP contribution in [-0.2, 0) is 0 Å². The Kier molecular flexibility index (Phi) is 4.03. The van der Waals surface area contributed by atoms with Gasteiger partial charge < -0.3 is 6.15 Å². The topological polar surface area (TPSA) is 63.7 Å². The van der Waals surface area contributed by atoms with Crippen LogP contribution in [0, 0.1) is 3.95 Å². The lowest BCUT2D eigenvalue weighted by atomic mass is 11.6. The molecule has 0 radical (unpaired) electrons. The van der Waals surface area contributed by atoms with Gasteiger partial charge in [0.25, 0.3) is 0 Å². The molecule has 0 aliphatic carbocycles. The third-order valence-electron chi connectivity index (χ3n) is 0.593. The maximum absolute atomic E-state index is 4.79. The Balaban J connectivity index is 0.000000640. The molecule has 3 nitrogen and oxygen atoms in total. The van der Waals surface area contributed by atoms with E-state index in [0.717, 1.165) is 8.29 Å². The molecule has 0 saturated carbocycles. The van der Waals surface area contributed by atoms with Crippen LogP contribution in [0.15, 0.2) is 4.34 Å². The van der Waals surface area contributed by atoms with Crippen molar-refractivity contribution < 1.29 is 0 Å². The number of rotatable bonds is 1. The highest BCUT2D eigenvalue weighted by molar-refractivity contribution is 8.00. The van der Waals surface area contributed by atoms with Gasteiger partial charge in [0, 0.05) is 0 Å². The lowest BCUT2D eigenvalue weighted by Gasteiger charge is -1.75. The molecule has 0 saturated heterocycles. The summed E-state index contributed by atoms with van der Waals surface area (Å²) < 4.78 is 1.74. The van der Waals surface area contributed by atoms with E-state index >= 15 is 0 Å². The molecule has 0 atom stereocenters. The molecule has 1 aromatic rings. The van der Waals surface area contributed by atoms with Crippen molar-refractivity contribution in [1.29, 1.82) is 0 Å². The molecular formula is C3H7N3S3. The normalized spacial score (nSPS) is 8.56. The summed E-state index contributed by atoms with van der Waals surface area (Å²) in [6, 6.07) is 0. The Hall–Kier alpha value is 0.0900. The van der Waals surface area contributed by atoms with Crippen molar-refractivity contribution in [1.82, 2.24) is 16.3 Å². The fourth-order valence-corrected chi connectivity index (χ4v) is 1.81. The second-order valence-electron chi connectivity index (χ2n) is 1.08. The number of H-pyrrole nitrogens is 1. The molecule has 1 aromatic heterocycles. The molecular weight excluding hydrogens is 174 g/mol. The zero-order chi connectivity index (χ0) is 5.98. The second-order valence-corrected chi connectivity index (χ2v) is 3.80. The van der Waals surface area contributed by atoms with Crippen LogP contribution in [0.3, 0.4) is 0 Å². The number of aromatic nitrogens is 2. The molecule has 1 rings (SSSR count). The van der Waals surface area contributed by atoms with E-state index in [1.165, 1.54) is 11.3 Å². The lowest BCUT2D eigenvalue weighted by Crippen LogP contribution is -1.65. The summed E-state index contributed by atoms with van der Waals surface area (Å²) in [5, 5.41) is 6.57. The molecule has 0 aromatic carbocycles. The van der Waals surface area contributed by atoms with Gasteiger partial charge in [0.1, 0.15) is 0 Å². The van der Waals surface area contributed by atoms with Crippen molar-refractivity contribution in [2.75, 3.05) is 6.26 Å². The van der Waals surface area contributed by atoms with E-state index < -0.39 is 0 Å². The molecule has 0 spiro atoms. The van der Waals surface area contributed by atoms with Crippen LogP contribution in [0.25, 0.3) is 0 Å². The number of nitrogens with one attached hydrogen (secondary N) is 1. The number of hydrogen-bond acceptors (Lipinski definition) is 5. The first-order chi connectivity index (χ1) is 3.83. The predicted octanol–water partition coefficient (Wildman–Crippen LogP) is 2.08. The van der Waals surface area contributed by atoms with Gasteiger partial charge in [-0.2, -0.15) is 5.10 Å². The minimum Gasteiger partial charge on any atom is -0.344 e. The van der Waals surface area contributed by atoms with Gasteiger partial charge in [0.2, 0.25) is 0 Å². The summed E-state index contributed by atoms with van der Waals surface area (Å²) in [6.07, 6.45) is 1.97. The molecule has 0 aliphatic rings. The van der Waals surface area contributed by atoms with E-state index in [4.69, 9.17) is 12.2 Å². The first-order valence-corrected chi connectivity index (χ1v) is 4.37. The molecule has 4 N–H and O–H groups in total. The van der Waals surface area contributed by atoms with E-state index in [2.05, 4.69) is 10.2 Å². The third kappa shape index (κ3) is 2.44. The Morgan fingerprint density at radius 3 is 2.67 bits per heavy atom. The minimum atomic E-state index is 0. The van der Waals surface area contributed by atoms with Crippen molar-refractivity contribution in [2.24, 2.45) is 0 Å². The van der Waals surface area contributed by atoms with E-state index in [-0.39, 0.29) is 6.15 Å². The average Bonchev–Trinajstić information content (AvgIpc) is 2.14. The summed E-state index contributed by atoms with van der Waals surface area (Å²) >= 11 is 7.88. The Bertz CT molecular complexity index is 214. The van der Waals surface area contributed by atoms with Crippen LogP contribution in [0.2, 0.25) is 0 Å². The molecule has 0 amide bonds. The minimum absolute atomic E-state index is 0. The average molecular weight is 181 g/mol. The van der Waals surface area contributed by atoms with Crippen molar-refractivity contribution in [3.05, 3.63) is 3.95 Å². The van der Waals surface area contributed by atoms with Gasteiger partial charge in [-0.15, -0.1) is 0 Å². The van der Waals surface area contributed by atoms with Gasteiger partial charge in [-0.3, -0.25) is 5.10 Å². The fourth-order valence-electron chi connectivity index (χ4n) is 0.304. The highest BCUT2D eigenvalue weighted by Gasteiger charge is 1.89. The van der Waals surface area contributed by atoms with Gasteiger partial charge in [-0.25, -0.2) is 0 Å². The van der Waals surface area contributed by atoms with Gasteiger partial charge in [-0.1, -0.05) is 23.1 Å². The van der Waals surface area contributed by atoms with Crippen LogP contribution in [0.5, 0.6) is 0 Å². The first kappa shape index (κ1) is 9.09. The fraction of sp³-hybridized carbons (Fsp3) is 0.333. The molecule has 6 heteroatoms. The van der Waals surface area contributed by atoms with Crippen molar-refractivity contribution in [3.63, 3.8) is 0 Å². The summed E-state index contributed by atoms with van der Waals surface area (Å²) in [5.74, 6) is 0. The lowest BCUT2D eigenvalue weighted by molar-refractivity contribution is 1.00. The standard InChI is InChI=1S/C3H4N2S3.H3N/c1-7-3-5-4-2(6)8-3;/h1H3,(H,4,6);1H3.